The Labute approximate surface area is 113 Å². The fourth-order valence-electron chi connectivity index (χ4n) is 2.00. The van der Waals surface area contributed by atoms with Gasteiger partial charge in [0, 0.05) is 14.7 Å². The Balaban J connectivity index is 2.85. The lowest BCUT2D eigenvalue weighted by Gasteiger charge is -2.45. The largest absolute Gasteiger partial charge is 0.118 e. The third kappa shape index (κ3) is 2.90. The Kier molecular flexibility index (Phi) is 4.43. The summed E-state index contributed by atoms with van der Waals surface area (Å²) >= 11 is 19.5. The summed E-state index contributed by atoms with van der Waals surface area (Å²) in [5.41, 5.74) is 1.60. The molecule has 14 heavy (non-hydrogen) atoms. The van der Waals surface area contributed by atoms with Gasteiger partial charge >= 0.3 is 0 Å². The Bertz CT molecular complexity index is 236. The summed E-state index contributed by atoms with van der Waals surface area (Å²) in [5, 5.41) is 0. The molecule has 82 valence electrons. The van der Waals surface area contributed by atoms with Gasteiger partial charge in [-0.25, -0.2) is 0 Å². The first-order chi connectivity index (χ1) is 6.29. The number of halogens is 4. The average Bonchev–Trinajstić information content (AvgIpc) is 1.99. The molecule has 4 heteroatoms. The van der Waals surface area contributed by atoms with Crippen molar-refractivity contribution in [3.8, 4) is 0 Å². The average molecular weight is 365 g/mol. The second-order valence-corrected chi connectivity index (χ2v) is 8.39. The number of alkyl halides is 3. The van der Waals surface area contributed by atoms with E-state index in [1.54, 1.807) is 5.54 Å². The standard InChI is InChI=1S/C10H14Br2Cl2/c1-9(12)6-10(2,14)8(11)5-7(9)3-4-13/h3-4,7-8H,5-6H2,1-2H3. The summed E-state index contributed by atoms with van der Waals surface area (Å²) in [6, 6.07) is 0. The smallest absolute Gasteiger partial charge is 0.0557 e. The molecule has 1 aliphatic carbocycles. The summed E-state index contributed by atoms with van der Waals surface area (Å²) in [6.45, 7) is 4.25. The number of rotatable bonds is 1. The first-order valence-electron chi connectivity index (χ1n) is 4.58. The van der Waals surface area contributed by atoms with Gasteiger partial charge in [-0.3, -0.25) is 0 Å². The predicted octanol–water partition coefficient (Wildman–Crippen LogP) is 5.06. The van der Waals surface area contributed by atoms with Gasteiger partial charge in [-0.1, -0.05) is 49.5 Å². The van der Waals surface area contributed by atoms with Crippen LogP contribution in [0.5, 0.6) is 0 Å². The summed E-state index contributed by atoms with van der Waals surface area (Å²) in [5.74, 6) is 0.427. The van der Waals surface area contributed by atoms with Crippen molar-refractivity contribution < 1.29 is 0 Å². The molecule has 0 aromatic carbocycles. The van der Waals surface area contributed by atoms with Crippen LogP contribution >= 0.6 is 55.1 Å². The van der Waals surface area contributed by atoms with Gasteiger partial charge in [-0.05, 0) is 32.6 Å². The molecule has 0 nitrogen and oxygen atoms in total. The molecule has 0 N–H and O–H groups in total. The van der Waals surface area contributed by atoms with Crippen molar-refractivity contribution in [2.24, 2.45) is 5.92 Å². The molecule has 0 radical (unpaired) electrons. The zero-order valence-corrected chi connectivity index (χ0v) is 12.9. The maximum Gasteiger partial charge on any atom is 0.0557 e. The van der Waals surface area contributed by atoms with E-state index in [0.29, 0.717) is 10.7 Å². The lowest BCUT2D eigenvalue weighted by molar-refractivity contribution is 0.310. The van der Waals surface area contributed by atoms with Crippen LogP contribution in [0, 0.1) is 5.92 Å². The lowest BCUT2D eigenvalue weighted by Crippen LogP contribution is -2.47. The van der Waals surface area contributed by atoms with Crippen molar-refractivity contribution >= 4 is 55.1 Å². The number of allylic oxidation sites excluding steroid dienone is 1. The minimum absolute atomic E-state index is 0.0408. The van der Waals surface area contributed by atoms with Gasteiger partial charge in [0.2, 0.25) is 0 Å². The summed E-state index contributed by atoms with van der Waals surface area (Å²) in [7, 11) is 0. The Hall–Kier alpha value is 1.28. The van der Waals surface area contributed by atoms with E-state index in [-0.39, 0.29) is 9.20 Å². The van der Waals surface area contributed by atoms with Gasteiger partial charge in [-0.2, -0.15) is 0 Å². The minimum Gasteiger partial charge on any atom is -0.118 e. The maximum absolute atomic E-state index is 6.44. The van der Waals surface area contributed by atoms with Crippen LogP contribution in [-0.4, -0.2) is 14.0 Å². The van der Waals surface area contributed by atoms with Crippen molar-refractivity contribution in [3.05, 3.63) is 11.6 Å². The highest BCUT2D eigenvalue weighted by molar-refractivity contribution is 9.10. The molecular formula is C10H14Br2Cl2. The summed E-state index contributed by atoms with van der Waals surface area (Å²) in [6.07, 6.45) is 3.96. The third-order valence-electron chi connectivity index (χ3n) is 2.88. The van der Waals surface area contributed by atoms with Crippen molar-refractivity contribution in [1.29, 1.82) is 0 Å². The van der Waals surface area contributed by atoms with Crippen LogP contribution in [0.3, 0.4) is 0 Å². The predicted molar refractivity (Wildman–Crippen MR) is 72.0 cm³/mol. The zero-order valence-electron chi connectivity index (χ0n) is 8.24. The molecule has 1 saturated carbocycles. The van der Waals surface area contributed by atoms with Crippen LogP contribution in [0.15, 0.2) is 11.6 Å². The number of hydrogen-bond acceptors (Lipinski definition) is 0. The topological polar surface area (TPSA) is 0 Å². The van der Waals surface area contributed by atoms with E-state index in [1.165, 1.54) is 0 Å². The van der Waals surface area contributed by atoms with E-state index >= 15 is 0 Å². The second kappa shape index (κ2) is 4.65. The first kappa shape index (κ1) is 13.3. The van der Waals surface area contributed by atoms with Crippen molar-refractivity contribution in [2.75, 3.05) is 0 Å². The van der Waals surface area contributed by atoms with Crippen LogP contribution in [0.25, 0.3) is 0 Å². The molecule has 0 amide bonds. The van der Waals surface area contributed by atoms with E-state index in [2.05, 4.69) is 45.7 Å². The normalized spacial score (nSPS) is 49.9. The van der Waals surface area contributed by atoms with E-state index in [9.17, 15) is 0 Å². The minimum atomic E-state index is -0.186. The Morgan fingerprint density at radius 1 is 1.43 bits per heavy atom. The molecule has 0 aliphatic heterocycles. The highest BCUT2D eigenvalue weighted by atomic mass is 79.9. The van der Waals surface area contributed by atoms with Gasteiger partial charge in [0.05, 0.1) is 4.87 Å². The molecule has 0 saturated heterocycles. The molecule has 1 rings (SSSR count). The maximum atomic E-state index is 6.44. The van der Waals surface area contributed by atoms with Gasteiger partial charge in [0.15, 0.2) is 0 Å². The highest BCUT2D eigenvalue weighted by Gasteiger charge is 2.47. The summed E-state index contributed by atoms with van der Waals surface area (Å²) < 4.78 is 0.0408. The van der Waals surface area contributed by atoms with Gasteiger partial charge in [-0.15, -0.1) is 11.6 Å². The van der Waals surface area contributed by atoms with Crippen molar-refractivity contribution in [3.63, 3.8) is 0 Å². The first-order valence-corrected chi connectivity index (χ1v) is 7.11. The summed E-state index contributed by atoms with van der Waals surface area (Å²) in [4.78, 5) is 0.148. The third-order valence-corrected chi connectivity index (χ3v) is 5.94. The fraction of sp³-hybridized carbons (Fsp3) is 0.800. The molecular weight excluding hydrogens is 351 g/mol. The molecule has 0 aromatic rings. The molecule has 0 spiro atoms. The van der Waals surface area contributed by atoms with E-state index < -0.39 is 0 Å². The van der Waals surface area contributed by atoms with Gasteiger partial charge in [0.1, 0.15) is 0 Å². The molecule has 0 heterocycles. The molecule has 1 fully saturated rings. The van der Waals surface area contributed by atoms with E-state index in [0.717, 1.165) is 12.8 Å². The highest BCUT2D eigenvalue weighted by Crippen LogP contribution is 2.50. The SMILES string of the molecule is CC1(Cl)CC(C)(Br)C(C=CCl)CC1Br. The van der Waals surface area contributed by atoms with Crippen molar-refractivity contribution in [2.45, 2.75) is 40.7 Å². The van der Waals surface area contributed by atoms with Gasteiger partial charge in [0.25, 0.3) is 0 Å². The zero-order chi connectivity index (χ0) is 11.0. The Morgan fingerprint density at radius 2 is 2.00 bits per heavy atom. The fourth-order valence-corrected chi connectivity index (χ4v) is 4.19. The van der Waals surface area contributed by atoms with Crippen LogP contribution in [0.2, 0.25) is 0 Å². The van der Waals surface area contributed by atoms with E-state index in [1.807, 2.05) is 6.08 Å². The monoisotopic (exact) mass is 362 g/mol. The molecule has 4 atom stereocenters. The van der Waals surface area contributed by atoms with Gasteiger partial charge < -0.3 is 0 Å². The van der Waals surface area contributed by atoms with Crippen LogP contribution in [0.4, 0.5) is 0 Å². The lowest BCUT2D eigenvalue weighted by atomic mass is 9.75. The number of hydrogen-bond donors (Lipinski definition) is 0. The van der Waals surface area contributed by atoms with E-state index in [4.69, 9.17) is 23.2 Å². The molecule has 0 bridgehead atoms. The van der Waals surface area contributed by atoms with Crippen molar-refractivity contribution in [1.82, 2.24) is 0 Å². The van der Waals surface area contributed by atoms with Crippen LogP contribution in [0.1, 0.15) is 26.7 Å². The Morgan fingerprint density at radius 3 is 2.50 bits per heavy atom. The molecule has 0 aromatic heterocycles. The molecule has 1 aliphatic rings. The molecule has 4 unspecified atom stereocenters. The second-order valence-electron chi connectivity index (χ2n) is 4.36. The van der Waals surface area contributed by atoms with Crippen LogP contribution < -0.4 is 0 Å². The van der Waals surface area contributed by atoms with Crippen LogP contribution in [-0.2, 0) is 0 Å². The quantitative estimate of drug-likeness (QED) is 0.570.